The maximum absolute atomic E-state index is 13.0. The number of alkyl halides is 3. The fourth-order valence-electron chi connectivity index (χ4n) is 1.42. The molecular weight excluding hydrogens is 278 g/mol. The minimum Gasteiger partial charge on any atom is -0.466 e. The predicted molar refractivity (Wildman–Crippen MR) is 65.7 cm³/mol. The van der Waals surface area contributed by atoms with Gasteiger partial charge in [0.15, 0.2) is 0 Å². The van der Waals surface area contributed by atoms with Gasteiger partial charge in [0.1, 0.15) is 5.82 Å². The smallest absolute Gasteiger partial charge is 0.419 e. The molecule has 110 valence electrons. The van der Waals surface area contributed by atoms with E-state index in [-0.39, 0.29) is 12.2 Å². The third kappa shape index (κ3) is 4.25. The van der Waals surface area contributed by atoms with Crippen molar-refractivity contribution in [2.24, 2.45) is 0 Å². The fourth-order valence-corrected chi connectivity index (χ4v) is 1.42. The number of benzene rings is 1. The Balaban J connectivity index is 2.78. The largest absolute Gasteiger partial charge is 0.466 e. The van der Waals surface area contributed by atoms with Gasteiger partial charge in [-0.25, -0.2) is 9.18 Å². The van der Waals surface area contributed by atoms with Gasteiger partial charge in [-0.3, -0.25) is 0 Å². The summed E-state index contributed by atoms with van der Waals surface area (Å²) < 4.78 is 55.0. The number of carbonyl (C=O) groups is 1. The monoisotopic (exact) mass is 291 g/mol. The number of carbonyl (C=O) groups excluding carboxylic acids is 1. The first-order valence-electron chi connectivity index (χ1n) is 5.61. The van der Waals surface area contributed by atoms with Crippen LogP contribution in [0.2, 0.25) is 0 Å². The lowest BCUT2D eigenvalue weighted by Crippen LogP contribution is -2.10. The molecule has 0 radical (unpaired) electrons. The lowest BCUT2D eigenvalue weighted by atomic mass is 10.1. The second-order valence-electron chi connectivity index (χ2n) is 3.95. The van der Waals surface area contributed by atoms with Gasteiger partial charge in [-0.05, 0) is 25.1 Å². The van der Waals surface area contributed by atoms with Crippen LogP contribution < -0.4 is 5.32 Å². The van der Waals surface area contributed by atoms with Crippen molar-refractivity contribution in [3.63, 3.8) is 0 Å². The number of anilines is 1. The first-order valence-corrected chi connectivity index (χ1v) is 5.61. The van der Waals surface area contributed by atoms with Crippen LogP contribution in [0.3, 0.4) is 0 Å². The molecule has 20 heavy (non-hydrogen) atoms. The van der Waals surface area contributed by atoms with Gasteiger partial charge in [0.2, 0.25) is 0 Å². The van der Waals surface area contributed by atoms with E-state index in [4.69, 9.17) is 0 Å². The van der Waals surface area contributed by atoms with Gasteiger partial charge < -0.3 is 10.1 Å². The van der Waals surface area contributed by atoms with Crippen molar-refractivity contribution in [3.8, 4) is 0 Å². The van der Waals surface area contributed by atoms with Crippen LogP contribution in [0.15, 0.2) is 29.8 Å². The predicted octanol–water partition coefficient (Wildman–Crippen LogP) is 3.38. The zero-order valence-corrected chi connectivity index (χ0v) is 10.8. The Labute approximate surface area is 113 Å². The van der Waals surface area contributed by atoms with E-state index >= 15 is 0 Å². The average molecular weight is 291 g/mol. The highest BCUT2D eigenvalue weighted by molar-refractivity contribution is 5.87. The second-order valence-corrected chi connectivity index (χ2v) is 3.95. The van der Waals surface area contributed by atoms with Gasteiger partial charge in [-0.15, -0.1) is 0 Å². The molecule has 0 bridgehead atoms. The van der Waals surface area contributed by atoms with E-state index in [1.165, 1.54) is 26.2 Å². The minimum atomic E-state index is -4.75. The van der Waals surface area contributed by atoms with Crippen LogP contribution in [0.25, 0.3) is 0 Å². The summed E-state index contributed by atoms with van der Waals surface area (Å²) in [6, 6.07) is 2.60. The molecule has 0 aliphatic rings. The van der Waals surface area contributed by atoms with Crippen molar-refractivity contribution >= 4 is 11.7 Å². The molecule has 0 aliphatic heterocycles. The standard InChI is InChI=1S/C13H13F4NO2/c1-8(12(19)20-2)5-6-18-9-3-4-11(14)10(7-9)13(15,16)17/h3-5,7,18H,6H2,1-2H3/b8-5+. The number of esters is 1. The molecule has 0 unspecified atom stereocenters. The van der Waals surface area contributed by atoms with Crippen LogP contribution in [0.1, 0.15) is 12.5 Å². The quantitative estimate of drug-likeness (QED) is 0.525. The number of hydrogen-bond acceptors (Lipinski definition) is 3. The van der Waals surface area contributed by atoms with E-state index in [0.29, 0.717) is 11.6 Å². The van der Waals surface area contributed by atoms with E-state index in [2.05, 4.69) is 10.1 Å². The van der Waals surface area contributed by atoms with Crippen molar-refractivity contribution in [2.45, 2.75) is 13.1 Å². The molecule has 0 spiro atoms. The number of rotatable bonds is 4. The molecule has 1 aromatic carbocycles. The summed E-state index contributed by atoms with van der Waals surface area (Å²) in [6.07, 6.45) is -3.29. The molecule has 7 heteroatoms. The summed E-state index contributed by atoms with van der Waals surface area (Å²) in [5.41, 5.74) is -0.915. The van der Waals surface area contributed by atoms with Crippen LogP contribution in [0.5, 0.6) is 0 Å². The zero-order chi connectivity index (χ0) is 15.3. The van der Waals surface area contributed by atoms with E-state index in [0.717, 1.165) is 6.07 Å². The van der Waals surface area contributed by atoms with Crippen LogP contribution in [-0.4, -0.2) is 19.6 Å². The van der Waals surface area contributed by atoms with Gasteiger partial charge in [0.05, 0.1) is 12.7 Å². The number of halogens is 4. The number of nitrogens with one attached hydrogen (secondary N) is 1. The molecule has 0 saturated heterocycles. The van der Waals surface area contributed by atoms with E-state index < -0.39 is 23.5 Å². The molecule has 0 amide bonds. The lowest BCUT2D eigenvalue weighted by molar-refractivity contribution is -0.140. The Morgan fingerprint density at radius 3 is 2.60 bits per heavy atom. The molecular formula is C13H13F4NO2. The molecule has 0 aromatic heterocycles. The van der Waals surface area contributed by atoms with Crippen molar-refractivity contribution in [1.82, 2.24) is 0 Å². The van der Waals surface area contributed by atoms with Gasteiger partial charge in [0.25, 0.3) is 0 Å². The van der Waals surface area contributed by atoms with Gasteiger partial charge >= 0.3 is 12.1 Å². The Kier molecular flexibility index (Phi) is 5.12. The molecule has 0 fully saturated rings. The molecule has 1 N–H and O–H groups in total. The molecule has 0 aliphatic carbocycles. The molecule has 0 saturated carbocycles. The van der Waals surface area contributed by atoms with E-state index in [9.17, 15) is 22.4 Å². The highest BCUT2D eigenvalue weighted by Gasteiger charge is 2.34. The minimum absolute atomic E-state index is 0.104. The SMILES string of the molecule is COC(=O)/C(C)=C/CNc1ccc(F)c(C(F)(F)F)c1. The molecule has 1 rings (SSSR count). The highest BCUT2D eigenvalue weighted by atomic mass is 19.4. The summed E-state index contributed by atoms with van der Waals surface area (Å²) in [4.78, 5) is 11.1. The first kappa shape index (κ1) is 16.0. The lowest BCUT2D eigenvalue weighted by Gasteiger charge is -2.11. The second kappa shape index (κ2) is 6.40. The highest BCUT2D eigenvalue weighted by Crippen LogP contribution is 2.32. The van der Waals surface area contributed by atoms with Gasteiger partial charge in [0, 0.05) is 17.8 Å². The van der Waals surface area contributed by atoms with Crippen LogP contribution in [-0.2, 0) is 15.7 Å². The Bertz CT molecular complexity index is 524. The summed E-state index contributed by atoms with van der Waals surface area (Å²) in [7, 11) is 1.22. The van der Waals surface area contributed by atoms with Crippen molar-refractivity contribution in [3.05, 3.63) is 41.2 Å². The van der Waals surface area contributed by atoms with Crippen LogP contribution in [0, 0.1) is 5.82 Å². The summed E-state index contributed by atoms with van der Waals surface area (Å²) in [6.45, 7) is 1.63. The van der Waals surface area contributed by atoms with Gasteiger partial charge in [-0.2, -0.15) is 13.2 Å². The molecule has 0 atom stereocenters. The number of methoxy groups -OCH3 is 1. The summed E-state index contributed by atoms with van der Waals surface area (Å²) >= 11 is 0. The zero-order valence-electron chi connectivity index (χ0n) is 10.8. The summed E-state index contributed by atoms with van der Waals surface area (Å²) in [5, 5.41) is 2.64. The van der Waals surface area contributed by atoms with E-state index in [1.54, 1.807) is 0 Å². The molecule has 1 aromatic rings. The molecule has 0 heterocycles. The Hall–Kier alpha value is -2.05. The molecule has 3 nitrogen and oxygen atoms in total. The third-order valence-corrected chi connectivity index (χ3v) is 2.49. The van der Waals surface area contributed by atoms with Crippen molar-refractivity contribution < 1.29 is 27.1 Å². The van der Waals surface area contributed by atoms with E-state index in [1.807, 2.05) is 0 Å². The van der Waals surface area contributed by atoms with Crippen LogP contribution in [0.4, 0.5) is 23.2 Å². The van der Waals surface area contributed by atoms with Crippen molar-refractivity contribution in [2.75, 3.05) is 19.0 Å². The Morgan fingerprint density at radius 1 is 1.40 bits per heavy atom. The Morgan fingerprint density at radius 2 is 2.05 bits per heavy atom. The van der Waals surface area contributed by atoms with Gasteiger partial charge in [-0.1, -0.05) is 6.08 Å². The summed E-state index contributed by atoms with van der Waals surface area (Å²) in [5.74, 6) is -1.86. The van der Waals surface area contributed by atoms with Crippen LogP contribution >= 0.6 is 0 Å². The first-order chi connectivity index (χ1) is 9.25. The maximum Gasteiger partial charge on any atom is 0.419 e. The fraction of sp³-hybridized carbons (Fsp3) is 0.308. The third-order valence-electron chi connectivity index (χ3n) is 2.49. The normalized spacial score (nSPS) is 12.2. The number of ether oxygens (including phenoxy) is 1. The van der Waals surface area contributed by atoms with Crippen molar-refractivity contribution in [1.29, 1.82) is 0 Å². The topological polar surface area (TPSA) is 38.3 Å². The maximum atomic E-state index is 13.0. The number of hydrogen-bond donors (Lipinski definition) is 1. The average Bonchev–Trinajstić information content (AvgIpc) is 2.38.